The number of benzene rings is 1. The van der Waals surface area contributed by atoms with E-state index in [9.17, 15) is 0 Å². The van der Waals surface area contributed by atoms with Crippen molar-refractivity contribution >= 4 is 5.96 Å². The van der Waals surface area contributed by atoms with E-state index in [0.29, 0.717) is 6.04 Å². The number of aliphatic imine (C=N–C) groups is 1. The second-order valence-electron chi connectivity index (χ2n) is 7.17. The smallest absolute Gasteiger partial charge is 0.190 e. The lowest BCUT2D eigenvalue weighted by Gasteiger charge is -2.25. The Labute approximate surface area is 164 Å². The van der Waals surface area contributed by atoms with Crippen molar-refractivity contribution in [1.82, 2.24) is 15.5 Å². The van der Waals surface area contributed by atoms with Crippen LogP contribution >= 0.6 is 0 Å². The molecule has 0 aromatic heterocycles. The van der Waals surface area contributed by atoms with E-state index in [4.69, 9.17) is 9.47 Å². The Kier molecular flexibility index (Phi) is 10.2. The minimum absolute atomic E-state index is 0.289. The highest BCUT2D eigenvalue weighted by molar-refractivity contribution is 5.79. The van der Waals surface area contributed by atoms with Crippen LogP contribution < -0.4 is 10.6 Å². The Morgan fingerprint density at radius 1 is 1.30 bits per heavy atom. The molecule has 27 heavy (non-hydrogen) atoms. The summed E-state index contributed by atoms with van der Waals surface area (Å²) in [6.07, 6.45) is 3.34. The third-order valence-electron chi connectivity index (χ3n) is 4.96. The SMILES string of the molecule is CN=C(NCCCOC1CCOC1)NCCC(C)N(C)Cc1ccccc1. The third-order valence-corrected chi connectivity index (χ3v) is 4.96. The maximum absolute atomic E-state index is 5.78. The van der Waals surface area contributed by atoms with E-state index in [1.54, 1.807) is 0 Å². The maximum atomic E-state index is 5.78. The van der Waals surface area contributed by atoms with Gasteiger partial charge in [0.05, 0.1) is 12.7 Å². The number of guanidine groups is 1. The van der Waals surface area contributed by atoms with Crippen LogP contribution in [0.15, 0.2) is 35.3 Å². The van der Waals surface area contributed by atoms with Gasteiger partial charge in [-0.2, -0.15) is 0 Å². The van der Waals surface area contributed by atoms with Crippen LogP contribution in [0.5, 0.6) is 0 Å². The summed E-state index contributed by atoms with van der Waals surface area (Å²) < 4.78 is 11.1. The molecule has 1 aromatic carbocycles. The van der Waals surface area contributed by atoms with Gasteiger partial charge in [-0.25, -0.2) is 0 Å². The molecule has 6 nitrogen and oxygen atoms in total. The molecule has 2 atom stereocenters. The van der Waals surface area contributed by atoms with Gasteiger partial charge < -0.3 is 20.1 Å². The predicted molar refractivity (Wildman–Crippen MR) is 111 cm³/mol. The van der Waals surface area contributed by atoms with Crippen molar-refractivity contribution in [2.75, 3.05) is 47.0 Å². The molecule has 152 valence electrons. The summed E-state index contributed by atoms with van der Waals surface area (Å²) >= 11 is 0. The average molecular weight is 377 g/mol. The van der Waals surface area contributed by atoms with Crippen molar-refractivity contribution in [3.8, 4) is 0 Å². The van der Waals surface area contributed by atoms with E-state index in [1.165, 1.54) is 5.56 Å². The first kappa shape index (κ1) is 21.7. The Morgan fingerprint density at radius 2 is 2.07 bits per heavy atom. The highest BCUT2D eigenvalue weighted by Crippen LogP contribution is 2.08. The zero-order valence-electron chi connectivity index (χ0n) is 17.1. The van der Waals surface area contributed by atoms with Crippen LogP contribution in [0.3, 0.4) is 0 Å². The van der Waals surface area contributed by atoms with Crippen LogP contribution in [0.25, 0.3) is 0 Å². The summed E-state index contributed by atoms with van der Waals surface area (Å²) in [7, 11) is 3.99. The van der Waals surface area contributed by atoms with Crippen molar-refractivity contribution < 1.29 is 9.47 Å². The lowest BCUT2D eigenvalue weighted by atomic mass is 10.1. The molecule has 2 N–H and O–H groups in total. The molecule has 2 unspecified atom stereocenters. The van der Waals surface area contributed by atoms with Crippen LogP contribution in [0, 0.1) is 0 Å². The lowest BCUT2D eigenvalue weighted by Crippen LogP contribution is -2.40. The molecule has 1 fully saturated rings. The van der Waals surface area contributed by atoms with E-state index in [1.807, 2.05) is 7.05 Å². The zero-order chi connectivity index (χ0) is 19.3. The Bertz CT molecular complexity index is 532. The summed E-state index contributed by atoms with van der Waals surface area (Å²) in [4.78, 5) is 6.68. The monoisotopic (exact) mass is 376 g/mol. The molecular formula is C21H36N4O2. The molecule has 1 saturated heterocycles. The molecule has 0 amide bonds. The van der Waals surface area contributed by atoms with Gasteiger partial charge >= 0.3 is 0 Å². The third kappa shape index (κ3) is 8.73. The Hall–Kier alpha value is -1.63. The van der Waals surface area contributed by atoms with Gasteiger partial charge in [0.15, 0.2) is 5.96 Å². The quantitative estimate of drug-likeness (QED) is 0.352. The second kappa shape index (κ2) is 12.7. The van der Waals surface area contributed by atoms with E-state index in [0.717, 1.165) is 64.7 Å². The fourth-order valence-corrected chi connectivity index (χ4v) is 3.04. The number of ether oxygens (including phenoxy) is 2. The van der Waals surface area contributed by atoms with Crippen LogP contribution in [0.4, 0.5) is 0 Å². The summed E-state index contributed by atoms with van der Waals surface area (Å²) in [6.45, 7) is 7.34. The maximum Gasteiger partial charge on any atom is 0.190 e. The number of nitrogens with zero attached hydrogens (tertiary/aromatic N) is 2. The molecule has 1 aliphatic heterocycles. The number of nitrogens with one attached hydrogen (secondary N) is 2. The largest absolute Gasteiger partial charge is 0.379 e. The molecule has 1 aromatic rings. The van der Waals surface area contributed by atoms with E-state index in [2.05, 4.69) is 64.8 Å². The van der Waals surface area contributed by atoms with Crippen molar-refractivity contribution in [2.45, 2.75) is 44.9 Å². The van der Waals surface area contributed by atoms with Crippen molar-refractivity contribution in [3.05, 3.63) is 35.9 Å². The number of rotatable bonds is 11. The lowest BCUT2D eigenvalue weighted by molar-refractivity contribution is 0.0420. The van der Waals surface area contributed by atoms with Crippen molar-refractivity contribution in [2.24, 2.45) is 4.99 Å². The van der Waals surface area contributed by atoms with Gasteiger partial charge in [-0.1, -0.05) is 30.3 Å². The fraction of sp³-hybridized carbons (Fsp3) is 0.667. The zero-order valence-corrected chi connectivity index (χ0v) is 17.1. The fourth-order valence-electron chi connectivity index (χ4n) is 3.04. The number of hydrogen-bond donors (Lipinski definition) is 2. The summed E-state index contributed by atoms with van der Waals surface area (Å²) in [6, 6.07) is 11.1. The predicted octanol–water partition coefficient (Wildman–Crippen LogP) is 2.26. The Balaban J connectivity index is 1.54. The van der Waals surface area contributed by atoms with Crippen molar-refractivity contribution in [3.63, 3.8) is 0 Å². The molecule has 1 aliphatic rings. The topological polar surface area (TPSA) is 58.1 Å². The summed E-state index contributed by atoms with van der Waals surface area (Å²) in [5.41, 5.74) is 1.35. The molecule has 1 heterocycles. The van der Waals surface area contributed by atoms with Crippen LogP contribution in [0.2, 0.25) is 0 Å². The van der Waals surface area contributed by atoms with Crippen LogP contribution in [-0.4, -0.2) is 70.0 Å². The summed E-state index contributed by atoms with van der Waals surface area (Å²) in [5.74, 6) is 0.858. The minimum atomic E-state index is 0.289. The minimum Gasteiger partial charge on any atom is -0.379 e. The molecule has 0 saturated carbocycles. The molecule has 0 radical (unpaired) electrons. The van der Waals surface area contributed by atoms with E-state index < -0.39 is 0 Å². The van der Waals surface area contributed by atoms with Gasteiger partial charge in [-0.15, -0.1) is 0 Å². The first-order chi connectivity index (χ1) is 13.2. The molecule has 0 spiro atoms. The van der Waals surface area contributed by atoms with E-state index >= 15 is 0 Å². The molecule has 0 bridgehead atoms. The molecule has 6 heteroatoms. The highest BCUT2D eigenvalue weighted by Gasteiger charge is 2.15. The van der Waals surface area contributed by atoms with E-state index in [-0.39, 0.29) is 6.10 Å². The normalized spacial score (nSPS) is 18.7. The van der Waals surface area contributed by atoms with Crippen LogP contribution in [0.1, 0.15) is 31.7 Å². The summed E-state index contributed by atoms with van der Waals surface area (Å²) in [5, 5.41) is 6.75. The molecular weight excluding hydrogens is 340 g/mol. The van der Waals surface area contributed by atoms with Gasteiger partial charge in [0, 0.05) is 45.9 Å². The average Bonchev–Trinajstić information content (AvgIpc) is 3.20. The Morgan fingerprint density at radius 3 is 2.78 bits per heavy atom. The highest BCUT2D eigenvalue weighted by atomic mass is 16.5. The first-order valence-corrected chi connectivity index (χ1v) is 10.1. The van der Waals surface area contributed by atoms with Gasteiger partial charge in [-0.3, -0.25) is 9.89 Å². The second-order valence-corrected chi connectivity index (χ2v) is 7.17. The standard InChI is InChI=1S/C21H36N4O2/c1-18(25(3)16-19-8-5-4-6-9-19)10-13-24-21(22-2)23-12-7-14-27-20-11-15-26-17-20/h4-6,8-9,18,20H,7,10-17H2,1-3H3,(H2,22,23,24). The van der Waals surface area contributed by atoms with Crippen LogP contribution in [-0.2, 0) is 16.0 Å². The van der Waals surface area contributed by atoms with Gasteiger partial charge in [0.1, 0.15) is 0 Å². The first-order valence-electron chi connectivity index (χ1n) is 10.1. The van der Waals surface area contributed by atoms with Crippen molar-refractivity contribution in [1.29, 1.82) is 0 Å². The van der Waals surface area contributed by atoms with Gasteiger partial charge in [-0.05, 0) is 38.8 Å². The van der Waals surface area contributed by atoms with Gasteiger partial charge in [0.25, 0.3) is 0 Å². The molecule has 0 aliphatic carbocycles. The molecule has 2 rings (SSSR count). The van der Waals surface area contributed by atoms with Gasteiger partial charge in [0.2, 0.25) is 0 Å². The number of hydrogen-bond acceptors (Lipinski definition) is 4.